The molecule has 0 aliphatic carbocycles. The van der Waals surface area contributed by atoms with Gasteiger partial charge in [0.15, 0.2) is 0 Å². The fourth-order valence-corrected chi connectivity index (χ4v) is 2.80. The molecule has 0 unspecified atom stereocenters. The van der Waals surface area contributed by atoms with Gasteiger partial charge in [-0.3, -0.25) is 0 Å². The third-order valence-corrected chi connectivity index (χ3v) is 4.18. The molecule has 2 fully saturated rings. The summed E-state index contributed by atoms with van der Waals surface area (Å²) >= 11 is 0. The molecule has 3 heteroatoms. The first-order valence-electron chi connectivity index (χ1n) is 7.38. The predicted molar refractivity (Wildman–Crippen MR) is 71.3 cm³/mol. The highest BCUT2D eigenvalue weighted by Crippen LogP contribution is 2.15. The van der Waals surface area contributed by atoms with Crippen molar-refractivity contribution in [2.24, 2.45) is 5.92 Å². The van der Waals surface area contributed by atoms with Crippen molar-refractivity contribution in [1.82, 2.24) is 10.2 Å². The van der Waals surface area contributed by atoms with Gasteiger partial charge in [0.05, 0.1) is 0 Å². The Morgan fingerprint density at radius 2 is 1.82 bits per heavy atom. The van der Waals surface area contributed by atoms with Crippen LogP contribution < -0.4 is 5.32 Å². The third-order valence-electron chi connectivity index (χ3n) is 4.18. The normalized spacial score (nSPS) is 25.2. The molecule has 2 aliphatic heterocycles. The molecule has 0 aromatic carbocycles. The van der Waals surface area contributed by atoms with Gasteiger partial charge in [0, 0.05) is 19.3 Å². The van der Waals surface area contributed by atoms with Gasteiger partial charge in [-0.25, -0.2) is 0 Å². The topological polar surface area (TPSA) is 24.5 Å². The monoisotopic (exact) mass is 240 g/mol. The molecule has 1 N–H and O–H groups in total. The van der Waals surface area contributed by atoms with Gasteiger partial charge < -0.3 is 15.0 Å². The van der Waals surface area contributed by atoms with Crippen LogP contribution in [0, 0.1) is 5.92 Å². The Balaban J connectivity index is 1.48. The smallest absolute Gasteiger partial charge is 0.0480 e. The van der Waals surface area contributed by atoms with Crippen molar-refractivity contribution in [3.63, 3.8) is 0 Å². The molecule has 0 amide bonds. The van der Waals surface area contributed by atoms with E-state index in [1.807, 2.05) is 0 Å². The van der Waals surface area contributed by atoms with Gasteiger partial charge in [0.2, 0.25) is 0 Å². The van der Waals surface area contributed by atoms with Crippen molar-refractivity contribution in [1.29, 1.82) is 0 Å². The number of piperidine rings is 1. The minimum atomic E-state index is 0.713. The van der Waals surface area contributed by atoms with Gasteiger partial charge in [-0.1, -0.05) is 6.92 Å². The standard InChI is InChI=1S/C14H28N2O/c1-13-3-9-16(10-4-13)8-2-7-15-14-5-11-17-12-6-14/h13-15H,2-12H2,1H3. The lowest BCUT2D eigenvalue weighted by Crippen LogP contribution is -2.38. The lowest BCUT2D eigenvalue weighted by molar-refractivity contribution is 0.0776. The van der Waals surface area contributed by atoms with E-state index in [1.165, 1.54) is 58.3 Å². The Morgan fingerprint density at radius 3 is 2.53 bits per heavy atom. The second kappa shape index (κ2) is 7.34. The summed E-state index contributed by atoms with van der Waals surface area (Å²) in [7, 11) is 0. The van der Waals surface area contributed by atoms with Crippen LogP contribution >= 0.6 is 0 Å². The molecule has 3 nitrogen and oxygen atoms in total. The summed E-state index contributed by atoms with van der Waals surface area (Å²) in [6.45, 7) is 9.37. The summed E-state index contributed by atoms with van der Waals surface area (Å²) in [5.41, 5.74) is 0. The molecule has 2 rings (SSSR count). The summed E-state index contributed by atoms with van der Waals surface area (Å²) in [6.07, 6.45) is 6.48. The zero-order chi connectivity index (χ0) is 11.9. The van der Waals surface area contributed by atoms with Crippen LogP contribution in [0.5, 0.6) is 0 Å². The fraction of sp³-hybridized carbons (Fsp3) is 1.00. The Morgan fingerprint density at radius 1 is 1.12 bits per heavy atom. The fourth-order valence-electron chi connectivity index (χ4n) is 2.80. The Kier molecular flexibility index (Phi) is 5.75. The molecule has 0 aromatic rings. The lowest BCUT2D eigenvalue weighted by atomic mass is 9.99. The Hall–Kier alpha value is -0.120. The van der Waals surface area contributed by atoms with Crippen molar-refractivity contribution in [2.45, 2.75) is 45.1 Å². The summed E-state index contributed by atoms with van der Waals surface area (Å²) in [6, 6.07) is 0.713. The first-order chi connectivity index (χ1) is 8.34. The molecule has 0 saturated carbocycles. The quantitative estimate of drug-likeness (QED) is 0.743. The molecule has 0 atom stereocenters. The van der Waals surface area contributed by atoms with Gasteiger partial charge >= 0.3 is 0 Å². The van der Waals surface area contributed by atoms with Crippen LogP contribution in [0.15, 0.2) is 0 Å². The van der Waals surface area contributed by atoms with Gasteiger partial charge in [-0.05, 0) is 64.2 Å². The number of nitrogens with one attached hydrogen (secondary N) is 1. The molecule has 0 aromatic heterocycles. The third kappa shape index (κ3) is 4.94. The molecule has 100 valence electrons. The zero-order valence-corrected chi connectivity index (χ0v) is 11.3. The maximum absolute atomic E-state index is 5.36. The molecule has 17 heavy (non-hydrogen) atoms. The van der Waals surface area contributed by atoms with E-state index in [0.717, 1.165) is 19.1 Å². The van der Waals surface area contributed by atoms with Crippen molar-refractivity contribution in [3.05, 3.63) is 0 Å². The van der Waals surface area contributed by atoms with Crippen LogP contribution in [0.2, 0.25) is 0 Å². The minimum Gasteiger partial charge on any atom is -0.381 e. The molecule has 2 saturated heterocycles. The lowest BCUT2D eigenvalue weighted by Gasteiger charge is -2.30. The molecule has 0 spiro atoms. The summed E-state index contributed by atoms with van der Waals surface area (Å²) in [5, 5.41) is 3.66. The van der Waals surface area contributed by atoms with Crippen molar-refractivity contribution >= 4 is 0 Å². The highest BCUT2D eigenvalue weighted by Gasteiger charge is 2.15. The number of ether oxygens (including phenoxy) is 1. The first kappa shape index (κ1) is 13.3. The van der Waals surface area contributed by atoms with E-state index in [-0.39, 0.29) is 0 Å². The minimum absolute atomic E-state index is 0.713. The van der Waals surface area contributed by atoms with Crippen LogP contribution in [0.4, 0.5) is 0 Å². The average Bonchev–Trinajstić information content (AvgIpc) is 2.38. The highest BCUT2D eigenvalue weighted by atomic mass is 16.5. The SMILES string of the molecule is CC1CCN(CCCNC2CCOCC2)CC1. The van der Waals surface area contributed by atoms with Crippen molar-refractivity contribution < 1.29 is 4.74 Å². The molecule has 0 bridgehead atoms. The van der Waals surface area contributed by atoms with E-state index in [0.29, 0.717) is 6.04 Å². The molecular formula is C14H28N2O. The predicted octanol–water partition coefficient (Wildman–Crippen LogP) is 1.88. The molecule has 2 heterocycles. The van der Waals surface area contributed by atoms with E-state index in [2.05, 4.69) is 17.1 Å². The summed E-state index contributed by atoms with van der Waals surface area (Å²) < 4.78 is 5.36. The van der Waals surface area contributed by atoms with Gasteiger partial charge in [-0.15, -0.1) is 0 Å². The first-order valence-corrected chi connectivity index (χ1v) is 7.38. The Bertz CT molecular complexity index is 196. The number of nitrogens with zero attached hydrogens (tertiary/aromatic N) is 1. The molecule has 2 aliphatic rings. The van der Waals surface area contributed by atoms with Crippen LogP contribution in [0.25, 0.3) is 0 Å². The number of rotatable bonds is 5. The van der Waals surface area contributed by atoms with Crippen molar-refractivity contribution in [2.75, 3.05) is 39.4 Å². The van der Waals surface area contributed by atoms with Crippen molar-refractivity contribution in [3.8, 4) is 0 Å². The highest BCUT2D eigenvalue weighted by molar-refractivity contribution is 4.72. The molecule has 0 radical (unpaired) electrons. The van der Waals surface area contributed by atoms with E-state index in [4.69, 9.17) is 4.74 Å². The van der Waals surface area contributed by atoms with E-state index >= 15 is 0 Å². The number of likely N-dealkylation sites (tertiary alicyclic amines) is 1. The van der Waals surface area contributed by atoms with E-state index < -0.39 is 0 Å². The molecular weight excluding hydrogens is 212 g/mol. The maximum atomic E-state index is 5.36. The van der Waals surface area contributed by atoms with Crippen LogP contribution in [0.3, 0.4) is 0 Å². The Labute approximate surface area is 106 Å². The van der Waals surface area contributed by atoms with Crippen LogP contribution in [-0.2, 0) is 4.74 Å². The average molecular weight is 240 g/mol. The zero-order valence-electron chi connectivity index (χ0n) is 11.3. The van der Waals surface area contributed by atoms with Crippen LogP contribution in [-0.4, -0.2) is 50.3 Å². The van der Waals surface area contributed by atoms with E-state index in [1.54, 1.807) is 0 Å². The van der Waals surface area contributed by atoms with Gasteiger partial charge in [-0.2, -0.15) is 0 Å². The van der Waals surface area contributed by atoms with Gasteiger partial charge in [0.1, 0.15) is 0 Å². The summed E-state index contributed by atoms with van der Waals surface area (Å²) in [5.74, 6) is 0.951. The second-order valence-corrected chi connectivity index (χ2v) is 5.72. The summed E-state index contributed by atoms with van der Waals surface area (Å²) in [4.78, 5) is 2.63. The second-order valence-electron chi connectivity index (χ2n) is 5.72. The maximum Gasteiger partial charge on any atom is 0.0480 e. The van der Waals surface area contributed by atoms with Crippen LogP contribution in [0.1, 0.15) is 39.0 Å². The van der Waals surface area contributed by atoms with Gasteiger partial charge in [0.25, 0.3) is 0 Å². The van der Waals surface area contributed by atoms with E-state index in [9.17, 15) is 0 Å². The number of hydrogen-bond acceptors (Lipinski definition) is 3. The number of hydrogen-bond donors (Lipinski definition) is 1. The largest absolute Gasteiger partial charge is 0.381 e.